The van der Waals surface area contributed by atoms with Gasteiger partial charge in [0.05, 0.1) is 6.04 Å². The number of nitrogens with two attached hydrogens (primary N) is 1. The van der Waals surface area contributed by atoms with Crippen molar-refractivity contribution >= 4 is 11.6 Å². The fourth-order valence-corrected chi connectivity index (χ4v) is 2.03. The molecule has 0 spiro atoms. The van der Waals surface area contributed by atoms with E-state index in [-0.39, 0.29) is 6.04 Å². The SMILES string of the molecule is CCc1nc(N)cc(NC(CC)c2ccccc2)n1. The fraction of sp³-hybridized carbons (Fsp3) is 0.333. The molecule has 1 aromatic carbocycles. The second kappa shape index (κ2) is 6.18. The average Bonchev–Trinajstić information content (AvgIpc) is 2.45. The van der Waals surface area contributed by atoms with Crippen LogP contribution in [-0.2, 0) is 6.42 Å². The summed E-state index contributed by atoms with van der Waals surface area (Å²) in [6.45, 7) is 4.17. The summed E-state index contributed by atoms with van der Waals surface area (Å²) >= 11 is 0. The summed E-state index contributed by atoms with van der Waals surface area (Å²) in [6, 6.07) is 12.4. The van der Waals surface area contributed by atoms with Gasteiger partial charge in [0, 0.05) is 12.5 Å². The van der Waals surface area contributed by atoms with E-state index in [2.05, 4.69) is 34.3 Å². The molecule has 0 bridgehead atoms. The highest BCUT2D eigenvalue weighted by molar-refractivity contribution is 5.46. The van der Waals surface area contributed by atoms with Gasteiger partial charge in [-0.25, -0.2) is 9.97 Å². The zero-order chi connectivity index (χ0) is 13.7. The van der Waals surface area contributed by atoms with Crippen LogP contribution in [0.4, 0.5) is 11.6 Å². The minimum absolute atomic E-state index is 0.236. The summed E-state index contributed by atoms with van der Waals surface area (Å²) in [4.78, 5) is 8.65. The van der Waals surface area contributed by atoms with Crippen molar-refractivity contribution in [2.24, 2.45) is 0 Å². The van der Waals surface area contributed by atoms with Crippen molar-refractivity contribution in [3.8, 4) is 0 Å². The van der Waals surface area contributed by atoms with Crippen molar-refractivity contribution in [3.05, 3.63) is 47.8 Å². The lowest BCUT2D eigenvalue weighted by atomic mass is 10.0. The molecule has 1 unspecified atom stereocenters. The van der Waals surface area contributed by atoms with Crippen LogP contribution >= 0.6 is 0 Å². The van der Waals surface area contributed by atoms with E-state index < -0.39 is 0 Å². The van der Waals surface area contributed by atoms with Crippen molar-refractivity contribution < 1.29 is 0 Å². The van der Waals surface area contributed by atoms with Gasteiger partial charge in [-0.05, 0) is 12.0 Å². The van der Waals surface area contributed by atoms with Crippen LogP contribution in [0.5, 0.6) is 0 Å². The van der Waals surface area contributed by atoms with Crippen LogP contribution in [0.2, 0.25) is 0 Å². The van der Waals surface area contributed by atoms with Crippen molar-refractivity contribution in [2.75, 3.05) is 11.1 Å². The topological polar surface area (TPSA) is 63.8 Å². The van der Waals surface area contributed by atoms with Crippen molar-refractivity contribution in [1.29, 1.82) is 0 Å². The number of nitrogens with zero attached hydrogens (tertiary/aromatic N) is 2. The Morgan fingerprint density at radius 1 is 1.16 bits per heavy atom. The number of aromatic nitrogens is 2. The Morgan fingerprint density at radius 2 is 1.89 bits per heavy atom. The Kier molecular flexibility index (Phi) is 4.34. The average molecular weight is 256 g/mol. The first-order valence-electron chi connectivity index (χ1n) is 6.67. The van der Waals surface area contributed by atoms with Crippen LogP contribution < -0.4 is 11.1 Å². The quantitative estimate of drug-likeness (QED) is 0.862. The third-order valence-corrected chi connectivity index (χ3v) is 3.04. The number of nitrogen functional groups attached to an aromatic ring is 1. The zero-order valence-electron chi connectivity index (χ0n) is 11.4. The standard InChI is InChI=1S/C15H20N4/c1-3-12(11-8-6-5-7-9-11)17-15-10-13(16)18-14(4-2)19-15/h5-10,12H,3-4H2,1-2H3,(H3,16,17,18,19). The first kappa shape index (κ1) is 13.3. The minimum atomic E-state index is 0.236. The molecular formula is C15H20N4. The first-order chi connectivity index (χ1) is 9.22. The van der Waals surface area contributed by atoms with Gasteiger partial charge in [0.1, 0.15) is 17.5 Å². The molecule has 0 aliphatic rings. The summed E-state index contributed by atoms with van der Waals surface area (Å²) in [7, 11) is 0. The summed E-state index contributed by atoms with van der Waals surface area (Å²) < 4.78 is 0. The van der Waals surface area contributed by atoms with Gasteiger partial charge in [0.2, 0.25) is 0 Å². The van der Waals surface area contributed by atoms with Gasteiger partial charge in [-0.15, -0.1) is 0 Å². The van der Waals surface area contributed by atoms with E-state index in [0.29, 0.717) is 5.82 Å². The molecule has 100 valence electrons. The molecule has 2 aromatic rings. The zero-order valence-corrected chi connectivity index (χ0v) is 11.4. The number of anilines is 2. The molecule has 0 aliphatic carbocycles. The lowest BCUT2D eigenvalue weighted by Crippen LogP contribution is -2.12. The normalized spacial score (nSPS) is 12.1. The molecule has 2 rings (SSSR count). The summed E-state index contributed by atoms with van der Waals surface area (Å²) in [6.07, 6.45) is 1.76. The van der Waals surface area contributed by atoms with Crippen LogP contribution in [0.1, 0.15) is 37.7 Å². The second-order valence-electron chi connectivity index (χ2n) is 4.46. The Morgan fingerprint density at radius 3 is 2.53 bits per heavy atom. The minimum Gasteiger partial charge on any atom is -0.384 e. The third-order valence-electron chi connectivity index (χ3n) is 3.04. The predicted molar refractivity (Wildman–Crippen MR) is 78.9 cm³/mol. The van der Waals surface area contributed by atoms with Crippen LogP contribution in [0, 0.1) is 0 Å². The maximum atomic E-state index is 5.80. The highest BCUT2D eigenvalue weighted by Gasteiger charge is 2.10. The van der Waals surface area contributed by atoms with E-state index in [1.807, 2.05) is 25.1 Å². The van der Waals surface area contributed by atoms with Gasteiger partial charge in [0.15, 0.2) is 0 Å². The van der Waals surface area contributed by atoms with Crippen LogP contribution in [-0.4, -0.2) is 9.97 Å². The molecule has 0 radical (unpaired) electrons. The molecule has 1 heterocycles. The Bertz CT molecular complexity index is 525. The van der Waals surface area contributed by atoms with E-state index in [1.54, 1.807) is 6.07 Å². The van der Waals surface area contributed by atoms with Crippen LogP contribution in [0.15, 0.2) is 36.4 Å². The smallest absolute Gasteiger partial charge is 0.132 e. The van der Waals surface area contributed by atoms with E-state index in [1.165, 1.54) is 5.56 Å². The number of hydrogen-bond donors (Lipinski definition) is 2. The van der Waals surface area contributed by atoms with E-state index in [4.69, 9.17) is 5.73 Å². The molecule has 1 atom stereocenters. The molecule has 0 amide bonds. The first-order valence-corrected chi connectivity index (χ1v) is 6.67. The molecule has 3 N–H and O–H groups in total. The van der Waals surface area contributed by atoms with Crippen molar-refractivity contribution in [3.63, 3.8) is 0 Å². The van der Waals surface area contributed by atoms with Gasteiger partial charge in [-0.2, -0.15) is 0 Å². The van der Waals surface area contributed by atoms with Gasteiger partial charge in [0.25, 0.3) is 0 Å². The Labute approximate surface area is 114 Å². The lowest BCUT2D eigenvalue weighted by molar-refractivity contribution is 0.741. The maximum Gasteiger partial charge on any atom is 0.132 e. The fourth-order valence-electron chi connectivity index (χ4n) is 2.03. The van der Waals surface area contributed by atoms with Crippen molar-refractivity contribution in [2.45, 2.75) is 32.7 Å². The third kappa shape index (κ3) is 3.44. The molecular weight excluding hydrogens is 236 g/mol. The molecule has 1 aromatic heterocycles. The van der Waals surface area contributed by atoms with Crippen molar-refractivity contribution in [1.82, 2.24) is 9.97 Å². The van der Waals surface area contributed by atoms with Crippen LogP contribution in [0.25, 0.3) is 0 Å². The van der Waals surface area contributed by atoms with Gasteiger partial charge >= 0.3 is 0 Å². The number of benzene rings is 1. The van der Waals surface area contributed by atoms with E-state index in [0.717, 1.165) is 24.5 Å². The molecule has 0 fully saturated rings. The summed E-state index contributed by atoms with van der Waals surface area (Å²) in [5.74, 6) is 2.07. The molecule has 0 saturated carbocycles. The molecule has 0 saturated heterocycles. The van der Waals surface area contributed by atoms with Gasteiger partial charge in [-0.1, -0.05) is 44.2 Å². The Hall–Kier alpha value is -2.10. The largest absolute Gasteiger partial charge is 0.384 e. The molecule has 4 heteroatoms. The van der Waals surface area contributed by atoms with E-state index >= 15 is 0 Å². The highest BCUT2D eigenvalue weighted by Crippen LogP contribution is 2.22. The Balaban J connectivity index is 2.21. The van der Waals surface area contributed by atoms with E-state index in [9.17, 15) is 0 Å². The predicted octanol–water partition coefficient (Wildman–Crippen LogP) is 3.18. The summed E-state index contributed by atoms with van der Waals surface area (Å²) in [5, 5.41) is 3.43. The number of hydrogen-bond acceptors (Lipinski definition) is 4. The van der Waals surface area contributed by atoms with Gasteiger partial charge in [-0.3, -0.25) is 0 Å². The lowest BCUT2D eigenvalue weighted by Gasteiger charge is -2.18. The molecule has 0 aliphatic heterocycles. The second-order valence-corrected chi connectivity index (χ2v) is 4.46. The van der Waals surface area contributed by atoms with Gasteiger partial charge < -0.3 is 11.1 Å². The number of rotatable bonds is 5. The maximum absolute atomic E-state index is 5.80. The van der Waals surface area contributed by atoms with Crippen LogP contribution in [0.3, 0.4) is 0 Å². The molecule has 19 heavy (non-hydrogen) atoms. The summed E-state index contributed by atoms with van der Waals surface area (Å²) in [5.41, 5.74) is 7.05. The molecule has 4 nitrogen and oxygen atoms in total. The monoisotopic (exact) mass is 256 g/mol. The number of aryl methyl sites for hydroxylation is 1. The highest BCUT2D eigenvalue weighted by atomic mass is 15.1. The number of nitrogens with one attached hydrogen (secondary N) is 1.